The summed E-state index contributed by atoms with van der Waals surface area (Å²) in [6, 6.07) is 11.5. The summed E-state index contributed by atoms with van der Waals surface area (Å²) < 4.78 is 5.29. The molecule has 1 heterocycles. The van der Waals surface area contributed by atoms with Crippen LogP contribution in [0.25, 0.3) is 0 Å². The zero-order chi connectivity index (χ0) is 15.9. The predicted molar refractivity (Wildman–Crippen MR) is 88.2 cm³/mol. The number of nitrogens with zero attached hydrogens (tertiary/aromatic N) is 1. The molecule has 0 aliphatic carbocycles. The minimum Gasteiger partial charge on any atom is -0.496 e. The minimum absolute atomic E-state index is 0.0153. The Hall–Kier alpha value is -1.85. The van der Waals surface area contributed by atoms with Crippen molar-refractivity contribution in [1.82, 2.24) is 4.90 Å². The number of aliphatic hydroxyl groups excluding tert-OH is 1. The molecular formula is C17H21NO3S. The molecule has 1 unspecified atom stereocenters. The monoisotopic (exact) mass is 319 g/mol. The van der Waals surface area contributed by atoms with Gasteiger partial charge in [0.05, 0.1) is 13.7 Å². The average molecular weight is 319 g/mol. The van der Waals surface area contributed by atoms with Crippen molar-refractivity contribution >= 4 is 17.2 Å². The molecule has 118 valence electrons. The van der Waals surface area contributed by atoms with E-state index in [0.717, 1.165) is 16.2 Å². The number of likely N-dealkylation sites (N-methyl/N-ethyl adjacent to an activating group) is 1. The van der Waals surface area contributed by atoms with Gasteiger partial charge in [0.2, 0.25) is 5.91 Å². The zero-order valence-corrected chi connectivity index (χ0v) is 13.7. The zero-order valence-electron chi connectivity index (χ0n) is 12.9. The van der Waals surface area contributed by atoms with Crippen molar-refractivity contribution in [3.05, 3.63) is 52.2 Å². The molecule has 1 atom stereocenters. The number of amides is 1. The lowest BCUT2D eigenvalue weighted by molar-refractivity contribution is -0.131. The van der Waals surface area contributed by atoms with Crippen LogP contribution in [0.3, 0.4) is 0 Å². The second-order valence-electron chi connectivity index (χ2n) is 5.12. The van der Waals surface area contributed by atoms with E-state index in [4.69, 9.17) is 4.74 Å². The third kappa shape index (κ3) is 4.32. The second-order valence-corrected chi connectivity index (χ2v) is 6.10. The number of carbonyl (C=O) groups is 1. The van der Waals surface area contributed by atoms with E-state index in [1.54, 1.807) is 19.1 Å². The van der Waals surface area contributed by atoms with Crippen LogP contribution in [0.5, 0.6) is 5.75 Å². The number of benzene rings is 1. The van der Waals surface area contributed by atoms with E-state index in [1.165, 1.54) is 11.3 Å². The molecule has 0 radical (unpaired) electrons. The molecule has 0 bridgehead atoms. The standard InChI is InChI=1S/C17H21NO3S/c1-18(12-14(19)16-8-5-11-22-16)17(20)10-9-13-6-3-4-7-15(13)21-2/h3-8,11,14,19H,9-10,12H2,1-2H3. The number of hydrogen-bond donors (Lipinski definition) is 1. The molecule has 0 fully saturated rings. The van der Waals surface area contributed by atoms with Gasteiger partial charge in [0.25, 0.3) is 0 Å². The highest BCUT2D eigenvalue weighted by molar-refractivity contribution is 7.10. The summed E-state index contributed by atoms with van der Waals surface area (Å²) in [6.07, 6.45) is 0.399. The fraction of sp³-hybridized carbons (Fsp3) is 0.353. The Kier molecular flexibility index (Phi) is 5.98. The van der Waals surface area contributed by atoms with Gasteiger partial charge in [-0.25, -0.2) is 0 Å². The summed E-state index contributed by atoms with van der Waals surface area (Å²) >= 11 is 1.50. The first-order chi connectivity index (χ1) is 10.6. The number of methoxy groups -OCH3 is 1. The van der Waals surface area contributed by atoms with E-state index in [-0.39, 0.29) is 5.91 Å². The summed E-state index contributed by atoms with van der Waals surface area (Å²) in [6.45, 7) is 0.311. The molecule has 0 saturated heterocycles. The average Bonchev–Trinajstić information content (AvgIpc) is 3.07. The lowest BCUT2D eigenvalue weighted by Gasteiger charge is -2.20. The van der Waals surface area contributed by atoms with Gasteiger partial charge in [-0.2, -0.15) is 0 Å². The molecular weight excluding hydrogens is 298 g/mol. The van der Waals surface area contributed by atoms with Crippen molar-refractivity contribution in [2.45, 2.75) is 18.9 Å². The predicted octanol–water partition coefficient (Wildman–Crippen LogP) is 2.88. The van der Waals surface area contributed by atoms with Crippen molar-refractivity contribution in [2.24, 2.45) is 0 Å². The molecule has 2 aromatic rings. The third-order valence-corrected chi connectivity index (χ3v) is 4.52. The van der Waals surface area contributed by atoms with Gasteiger partial charge in [0.15, 0.2) is 0 Å². The highest BCUT2D eigenvalue weighted by Crippen LogP contribution is 2.21. The number of thiophene rings is 1. The quantitative estimate of drug-likeness (QED) is 0.854. The molecule has 1 amide bonds. The Morgan fingerprint density at radius 3 is 2.77 bits per heavy atom. The van der Waals surface area contributed by atoms with E-state index in [2.05, 4.69) is 0 Å². The van der Waals surface area contributed by atoms with Crippen LogP contribution in [-0.4, -0.2) is 36.6 Å². The molecule has 0 saturated carbocycles. The molecule has 4 nitrogen and oxygen atoms in total. The third-order valence-electron chi connectivity index (χ3n) is 3.54. The molecule has 0 aliphatic heterocycles. The van der Waals surface area contributed by atoms with Crippen molar-refractivity contribution in [3.8, 4) is 5.75 Å². The maximum absolute atomic E-state index is 12.2. The molecule has 1 aromatic carbocycles. The Bertz CT molecular complexity index is 598. The first-order valence-electron chi connectivity index (χ1n) is 7.19. The van der Waals surface area contributed by atoms with Crippen LogP contribution < -0.4 is 4.74 Å². The number of rotatable bonds is 7. The normalized spacial score (nSPS) is 12.0. The van der Waals surface area contributed by atoms with Crippen LogP contribution >= 0.6 is 11.3 Å². The van der Waals surface area contributed by atoms with Crippen LogP contribution in [-0.2, 0) is 11.2 Å². The van der Waals surface area contributed by atoms with Gasteiger partial charge in [-0.3, -0.25) is 4.79 Å². The van der Waals surface area contributed by atoms with Crippen LogP contribution in [0, 0.1) is 0 Å². The summed E-state index contributed by atoms with van der Waals surface area (Å²) in [5.41, 5.74) is 1.02. The van der Waals surface area contributed by atoms with Gasteiger partial charge in [0.1, 0.15) is 11.9 Å². The minimum atomic E-state index is -0.625. The van der Waals surface area contributed by atoms with Gasteiger partial charge >= 0.3 is 0 Å². The van der Waals surface area contributed by atoms with E-state index in [0.29, 0.717) is 19.4 Å². The Morgan fingerprint density at radius 2 is 2.09 bits per heavy atom. The van der Waals surface area contributed by atoms with Gasteiger partial charge in [0, 0.05) is 18.3 Å². The van der Waals surface area contributed by atoms with Crippen LogP contribution in [0.15, 0.2) is 41.8 Å². The number of carbonyl (C=O) groups excluding carboxylic acids is 1. The van der Waals surface area contributed by atoms with E-state index in [1.807, 2.05) is 41.8 Å². The van der Waals surface area contributed by atoms with Gasteiger partial charge in [-0.15, -0.1) is 11.3 Å². The molecule has 5 heteroatoms. The molecule has 22 heavy (non-hydrogen) atoms. The van der Waals surface area contributed by atoms with Crippen molar-refractivity contribution in [2.75, 3.05) is 20.7 Å². The molecule has 1 N–H and O–H groups in total. The fourth-order valence-electron chi connectivity index (χ4n) is 2.27. The van der Waals surface area contributed by atoms with Gasteiger partial charge in [-0.05, 0) is 29.5 Å². The van der Waals surface area contributed by atoms with Crippen molar-refractivity contribution in [3.63, 3.8) is 0 Å². The molecule has 1 aromatic heterocycles. The highest BCUT2D eigenvalue weighted by atomic mass is 32.1. The topological polar surface area (TPSA) is 49.8 Å². The second kappa shape index (κ2) is 7.96. The van der Waals surface area contributed by atoms with Crippen molar-refractivity contribution < 1.29 is 14.6 Å². The van der Waals surface area contributed by atoms with E-state index < -0.39 is 6.10 Å². The van der Waals surface area contributed by atoms with Crippen molar-refractivity contribution in [1.29, 1.82) is 0 Å². The van der Waals surface area contributed by atoms with Gasteiger partial charge in [-0.1, -0.05) is 24.3 Å². The smallest absolute Gasteiger partial charge is 0.222 e. The Labute approximate surface area is 135 Å². The summed E-state index contributed by atoms with van der Waals surface area (Å²) in [4.78, 5) is 14.7. The number of hydrogen-bond acceptors (Lipinski definition) is 4. The number of aryl methyl sites for hydroxylation is 1. The molecule has 0 aliphatic rings. The SMILES string of the molecule is COc1ccccc1CCC(=O)N(C)CC(O)c1cccs1. The number of para-hydroxylation sites is 1. The molecule has 2 rings (SSSR count). The first kappa shape index (κ1) is 16.5. The first-order valence-corrected chi connectivity index (χ1v) is 8.07. The fourth-order valence-corrected chi connectivity index (χ4v) is 2.98. The Morgan fingerprint density at radius 1 is 1.32 bits per heavy atom. The highest BCUT2D eigenvalue weighted by Gasteiger charge is 2.16. The largest absolute Gasteiger partial charge is 0.496 e. The maximum atomic E-state index is 12.2. The number of aliphatic hydroxyl groups is 1. The number of ether oxygens (including phenoxy) is 1. The Balaban J connectivity index is 1.86. The van der Waals surface area contributed by atoms with Crippen LogP contribution in [0.1, 0.15) is 23.0 Å². The van der Waals surface area contributed by atoms with Gasteiger partial charge < -0.3 is 14.7 Å². The lowest BCUT2D eigenvalue weighted by Crippen LogP contribution is -2.31. The lowest BCUT2D eigenvalue weighted by atomic mass is 10.1. The summed E-state index contributed by atoms with van der Waals surface area (Å²) in [5, 5.41) is 12.0. The van der Waals surface area contributed by atoms with E-state index >= 15 is 0 Å². The summed E-state index contributed by atoms with van der Waals surface area (Å²) in [5.74, 6) is 0.818. The maximum Gasteiger partial charge on any atom is 0.222 e. The summed E-state index contributed by atoms with van der Waals surface area (Å²) in [7, 11) is 3.35. The van der Waals surface area contributed by atoms with Crippen LogP contribution in [0.4, 0.5) is 0 Å². The molecule has 0 spiro atoms. The van der Waals surface area contributed by atoms with Crippen LogP contribution in [0.2, 0.25) is 0 Å². The van der Waals surface area contributed by atoms with E-state index in [9.17, 15) is 9.90 Å².